The quantitative estimate of drug-likeness (QED) is 0.376. The summed E-state index contributed by atoms with van der Waals surface area (Å²) in [4.78, 5) is 24.9. The van der Waals surface area contributed by atoms with E-state index >= 15 is 0 Å². The first kappa shape index (κ1) is 22.7. The average molecular weight is 467 g/mol. The summed E-state index contributed by atoms with van der Waals surface area (Å²) >= 11 is 0. The zero-order chi connectivity index (χ0) is 24.2. The van der Waals surface area contributed by atoms with Crippen molar-refractivity contribution in [1.29, 1.82) is 0 Å². The summed E-state index contributed by atoms with van der Waals surface area (Å²) in [5, 5.41) is 4.37. The molecule has 1 N–H and O–H groups in total. The Bertz CT molecular complexity index is 1430. The number of nitrogens with zero attached hydrogens (tertiary/aromatic N) is 7. The van der Waals surface area contributed by atoms with E-state index in [0.717, 1.165) is 64.7 Å². The molecule has 178 valence electrons. The molecule has 0 bridgehead atoms. The average Bonchev–Trinajstić information content (AvgIpc) is 3.52. The third-order valence-corrected chi connectivity index (χ3v) is 6.38. The van der Waals surface area contributed by atoms with E-state index in [1.807, 2.05) is 30.5 Å². The van der Waals surface area contributed by atoms with Crippen molar-refractivity contribution in [2.45, 2.75) is 33.1 Å². The van der Waals surface area contributed by atoms with Crippen LogP contribution < -0.4 is 10.2 Å². The molecule has 3 aromatic heterocycles. The number of pyridine rings is 1. The van der Waals surface area contributed by atoms with Crippen molar-refractivity contribution in [2.75, 3.05) is 30.0 Å². The highest BCUT2D eigenvalue weighted by Gasteiger charge is 2.15. The summed E-state index contributed by atoms with van der Waals surface area (Å²) in [7, 11) is 0. The van der Waals surface area contributed by atoms with Crippen molar-refractivity contribution < 1.29 is 0 Å². The molecule has 0 radical (unpaired) electrons. The number of imidazole rings is 1. The lowest BCUT2D eigenvalue weighted by atomic mass is 10.1. The van der Waals surface area contributed by atoms with Crippen LogP contribution in [0.1, 0.15) is 36.7 Å². The van der Waals surface area contributed by atoms with Gasteiger partial charge in [-0.2, -0.15) is 0 Å². The summed E-state index contributed by atoms with van der Waals surface area (Å²) < 4.78 is 2.14. The van der Waals surface area contributed by atoms with Crippen LogP contribution in [0, 0.1) is 6.92 Å². The molecule has 1 fully saturated rings. The van der Waals surface area contributed by atoms with E-state index in [9.17, 15) is 0 Å². The van der Waals surface area contributed by atoms with Crippen molar-refractivity contribution >= 4 is 40.6 Å². The van der Waals surface area contributed by atoms with Gasteiger partial charge in [-0.3, -0.25) is 9.98 Å². The minimum atomic E-state index is 0.412. The molecule has 5 rings (SSSR count). The van der Waals surface area contributed by atoms with Crippen LogP contribution in [0.4, 0.5) is 11.6 Å². The second-order valence-electron chi connectivity index (χ2n) is 8.66. The van der Waals surface area contributed by atoms with Crippen LogP contribution >= 0.6 is 0 Å². The van der Waals surface area contributed by atoms with Crippen molar-refractivity contribution in [3.05, 3.63) is 72.0 Å². The van der Waals surface area contributed by atoms with Gasteiger partial charge in [0.25, 0.3) is 0 Å². The molecular weight excluding hydrogens is 436 g/mol. The Kier molecular flexibility index (Phi) is 6.52. The highest BCUT2D eigenvalue weighted by atomic mass is 15.3. The lowest BCUT2D eigenvalue weighted by molar-refractivity contribution is 0.907. The second kappa shape index (κ2) is 10.0. The first-order valence-corrected chi connectivity index (χ1v) is 12.1. The number of fused-ring (bicyclic) bond motifs is 2. The molecule has 0 aliphatic carbocycles. The number of rotatable bonds is 8. The number of benzene rings is 1. The van der Waals surface area contributed by atoms with Crippen molar-refractivity contribution in [3.8, 4) is 0 Å². The number of aromatic nitrogens is 4. The predicted octanol–water partition coefficient (Wildman–Crippen LogP) is 4.82. The first-order chi connectivity index (χ1) is 17.2. The molecule has 4 heterocycles. The van der Waals surface area contributed by atoms with Gasteiger partial charge >= 0.3 is 0 Å². The minimum Gasteiger partial charge on any atom is -0.366 e. The van der Waals surface area contributed by atoms with Crippen LogP contribution in [-0.2, 0) is 6.42 Å². The topological polar surface area (TPSA) is 83.1 Å². The Labute approximate surface area is 205 Å². The van der Waals surface area contributed by atoms with Gasteiger partial charge in [0.05, 0.1) is 16.9 Å². The first-order valence-electron chi connectivity index (χ1n) is 12.1. The monoisotopic (exact) mass is 466 g/mol. The number of allylic oxidation sites excluding steroid dienone is 1. The van der Waals surface area contributed by atoms with E-state index in [4.69, 9.17) is 9.98 Å². The fraction of sp³-hybridized carbons (Fsp3) is 0.296. The molecule has 0 amide bonds. The molecule has 0 saturated carbocycles. The van der Waals surface area contributed by atoms with Crippen molar-refractivity contribution in [3.63, 3.8) is 0 Å². The number of anilines is 2. The summed E-state index contributed by atoms with van der Waals surface area (Å²) in [6.45, 7) is 10.2. The van der Waals surface area contributed by atoms with Crippen LogP contribution in [0.15, 0.2) is 65.0 Å². The zero-order valence-corrected chi connectivity index (χ0v) is 20.3. The summed E-state index contributed by atoms with van der Waals surface area (Å²) in [5.74, 6) is 0.812. The Hall–Kier alpha value is -4.07. The van der Waals surface area contributed by atoms with E-state index in [0.29, 0.717) is 6.67 Å². The number of nitrogens with one attached hydrogen (secondary N) is 1. The van der Waals surface area contributed by atoms with Gasteiger partial charge in [-0.25, -0.2) is 15.0 Å². The van der Waals surface area contributed by atoms with Gasteiger partial charge in [0.15, 0.2) is 0 Å². The highest BCUT2D eigenvalue weighted by Crippen LogP contribution is 2.21. The Balaban J connectivity index is 1.36. The Morgan fingerprint density at radius 3 is 2.83 bits per heavy atom. The predicted molar refractivity (Wildman–Crippen MR) is 144 cm³/mol. The second-order valence-corrected chi connectivity index (χ2v) is 8.66. The van der Waals surface area contributed by atoms with Gasteiger partial charge in [0, 0.05) is 60.1 Å². The third-order valence-electron chi connectivity index (χ3n) is 6.38. The molecule has 1 aliphatic rings. The highest BCUT2D eigenvalue weighted by molar-refractivity contribution is 6.10. The van der Waals surface area contributed by atoms with Crippen LogP contribution in [0.25, 0.3) is 16.6 Å². The Morgan fingerprint density at radius 2 is 2.03 bits per heavy atom. The normalized spacial score (nSPS) is 14.5. The molecular formula is C27H30N8. The lowest BCUT2D eigenvalue weighted by Crippen LogP contribution is -2.20. The van der Waals surface area contributed by atoms with E-state index < -0.39 is 0 Å². The van der Waals surface area contributed by atoms with Crippen LogP contribution in [0.5, 0.6) is 0 Å². The fourth-order valence-corrected chi connectivity index (χ4v) is 4.58. The molecule has 1 aliphatic heterocycles. The maximum atomic E-state index is 4.79. The van der Waals surface area contributed by atoms with E-state index in [2.05, 4.69) is 68.5 Å². The van der Waals surface area contributed by atoms with Crippen LogP contribution in [-0.4, -0.2) is 51.5 Å². The molecule has 0 spiro atoms. The zero-order valence-electron chi connectivity index (χ0n) is 20.3. The van der Waals surface area contributed by atoms with Gasteiger partial charge in [-0.05, 0) is 57.2 Å². The van der Waals surface area contributed by atoms with Crippen molar-refractivity contribution in [1.82, 2.24) is 19.4 Å². The van der Waals surface area contributed by atoms with E-state index in [1.54, 1.807) is 6.20 Å². The molecule has 8 nitrogen and oxygen atoms in total. The SMILES string of the molecule is C=N/C=C\C(=N/CNc1ccn2c(CC)c(C)nc2c1)c1ccc2nc(N3CCCC3)ncc2c1. The summed E-state index contributed by atoms with van der Waals surface area (Å²) in [6, 6.07) is 10.2. The molecule has 0 atom stereocenters. The fourth-order valence-electron chi connectivity index (χ4n) is 4.58. The summed E-state index contributed by atoms with van der Waals surface area (Å²) in [6.07, 6.45) is 10.8. The van der Waals surface area contributed by atoms with Crippen LogP contribution in [0.2, 0.25) is 0 Å². The van der Waals surface area contributed by atoms with Gasteiger partial charge < -0.3 is 14.6 Å². The van der Waals surface area contributed by atoms with Crippen LogP contribution in [0.3, 0.4) is 0 Å². The minimum absolute atomic E-state index is 0.412. The van der Waals surface area contributed by atoms with Crippen molar-refractivity contribution in [2.24, 2.45) is 9.98 Å². The molecule has 1 aromatic carbocycles. The van der Waals surface area contributed by atoms with Gasteiger partial charge in [0.2, 0.25) is 5.95 Å². The molecule has 0 unspecified atom stereocenters. The molecule has 35 heavy (non-hydrogen) atoms. The summed E-state index contributed by atoms with van der Waals surface area (Å²) in [5.41, 5.74) is 6.93. The Morgan fingerprint density at radius 1 is 1.17 bits per heavy atom. The van der Waals surface area contributed by atoms with Gasteiger partial charge in [-0.15, -0.1) is 0 Å². The number of aliphatic imine (C=N–C) groups is 2. The smallest absolute Gasteiger partial charge is 0.225 e. The number of hydrogen-bond acceptors (Lipinski definition) is 7. The maximum Gasteiger partial charge on any atom is 0.225 e. The largest absolute Gasteiger partial charge is 0.366 e. The number of aryl methyl sites for hydroxylation is 2. The standard InChI is InChI=1S/C27H30N8/c1-4-25-19(2)32-26-16-22(10-14-35(25)26)30-18-31-23(9-11-28-3)20-7-8-24-21(15-20)17-29-27(33-24)34-12-5-6-13-34/h7-11,14-17,30H,3-6,12-13,18H2,1-2H3/b11-9-,31-23+. The van der Waals surface area contributed by atoms with E-state index in [-0.39, 0.29) is 0 Å². The molecule has 4 aromatic rings. The molecule has 1 saturated heterocycles. The number of hydrogen-bond donors (Lipinski definition) is 1. The van der Waals surface area contributed by atoms with Gasteiger partial charge in [-0.1, -0.05) is 13.0 Å². The van der Waals surface area contributed by atoms with E-state index in [1.165, 1.54) is 18.5 Å². The lowest BCUT2D eigenvalue weighted by Gasteiger charge is -2.15. The maximum absolute atomic E-state index is 4.79. The third kappa shape index (κ3) is 4.77. The molecule has 8 heteroatoms. The van der Waals surface area contributed by atoms with Gasteiger partial charge in [0.1, 0.15) is 12.3 Å².